The predicted molar refractivity (Wildman–Crippen MR) is 106 cm³/mol. The summed E-state index contributed by atoms with van der Waals surface area (Å²) in [5, 5.41) is 15.7. The minimum absolute atomic E-state index is 0.514. The molecule has 0 spiro atoms. The van der Waals surface area contributed by atoms with Gasteiger partial charge in [-0.15, -0.1) is 5.10 Å². The van der Waals surface area contributed by atoms with E-state index in [1.807, 2.05) is 18.5 Å². The molecule has 0 unspecified atom stereocenters. The standard InChI is InChI=1S/C13H15N7O.C6H12O/c1-7-9-6-14-13-15-10-8(2)17-18-12(10)21-5-3-4-20(19-7)11(9)16-13;1-2-4-6-7-5-3-1/h6H,3-5H2,1-2H3,(H,17,18)(H,14,15,16);1-6H2. The van der Waals surface area contributed by atoms with Gasteiger partial charge < -0.3 is 14.8 Å². The van der Waals surface area contributed by atoms with Gasteiger partial charge in [0.25, 0.3) is 5.88 Å². The van der Waals surface area contributed by atoms with E-state index in [0.717, 1.165) is 54.3 Å². The van der Waals surface area contributed by atoms with Gasteiger partial charge in [0, 0.05) is 32.4 Å². The molecule has 9 nitrogen and oxygen atoms in total. The van der Waals surface area contributed by atoms with Crippen molar-refractivity contribution in [2.45, 2.75) is 52.5 Å². The number of aromatic nitrogens is 6. The maximum absolute atomic E-state index is 5.72. The quantitative estimate of drug-likeness (QED) is 0.612. The lowest BCUT2D eigenvalue weighted by molar-refractivity contribution is 0.144. The number of aryl methyl sites for hydroxylation is 3. The number of ether oxygens (including phenoxy) is 2. The summed E-state index contributed by atoms with van der Waals surface area (Å²) in [5.74, 6) is 1.06. The summed E-state index contributed by atoms with van der Waals surface area (Å²) < 4.78 is 12.8. The third-order valence-electron chi connectivity index (χ3n) is 4.90. The topological polar surface area (TPSA) is 103 Å². The van der Waals surface area contributed by atoms with Crippen molar-refractivity contribution in [3.8, 4) is 5.88 Å². The Hall–Kier alpha value is -2.68. The first kappa shape index (κ1) is 18.7. The average molecular weight is 385 g/mol. The zero-order valence-corrected chi connectivity index (χ0v) is 16.5. The highest BCUT2D eigenvalue weighted by Crippen LogP contribution is 2.29. The summed E-state index contributed by atoms with van der Waals surface area (Å²) in [5.41, 5.74) is 3.45. The first-order valence-electron chi connectivity index (χ1n) is 9.95. The van der Waals surface area contributed by atoms with Crippen LogP contribution in [0.25, 0.3) is 11.0 Å². The normalized spacial score (nSPS) is 16.8. The molecule has 9 heteroatoms. The highest BCUT2D eigenvalue weighted by molar-refractivity contribution is 5.79. The Morgan fingerprint density at radius 3 is 2.68 bits per heavy atom. The number of hydrogen-bond donors (Lipinski definition) is 2. The molecular formula is C19H27N7O2. The van der Waals surface area contributed by atoms with Gasteiger partial charge in [-0.3, -0.25) is 5.10 Å². The smallest absolute Gasteiger partial charge is 0.256 e. The van der Waals surface area contributed by atoms with Crippen molar-refractivity contribution in [1.82, 2.24) is 29.9 Å². The second kappa shape index (κ2) is 8.55. The van der Waals surface area contributed by atoms with Gasteiger partial charge in [0.1, 0.15) is 5.69 Å². The monoisotopic (exact) mass is 385 g/mol. The Balaban J connectivity index is 0.000000233. The molecule has 150 valence electrons. The number of H-pyrrole nitrogens is 1. The van der Waals surface area contributed by atoms with Crippen molar-refractivity contribution in [2.24, 2.45) is 0 Å². The van der Waals surface area contributed by atoms with E-state index in [1.165, 1.54) is 25.7 Å². The maximum atomic E-state index is 5.72. The summed E-state index contributed by atoms with van der Waals surface area (Å²) in [4.78, 5) is 8.93. The van der Waals surface area contributed by atoms with Gasteiger partial charge in [0.15, 0.2) is 5.65 Å². The fourth-order valence-corrected chi connectivity index (χ4v) is 3.34. The van der Waals surface area contributed by atoms with Crippen LogP contribution < -0.4 is 10.1 Å². The maximum Gasteiger partial charge on any atom is 0.256 e. The number of fused-ring (bicyclic) bond motifs is 2. The minimum Gasteiger partial charge on any atom is -0.475 e. The van der Waals surface area contributed by atoms with Crippen LogP contribution >= 0.6 is 0 Å². The molecule has 0 amide bonds. The number of rotatable bonds is 0. The van der Waals surface area contributed by atoms with Crippen LogP contribution in [-0.2, 0) is 11.3 Å². The molecule has 3 aromatic heterocycles. The lowest BCUT2D eigenvalue weighted by Crippen LogP contribution is -2.06. The number of hydrogen-bond acceptors (Lipinski definition) is 7. The van der Waals surface area contributed by atoms with E-state index < -0.39 is 0 Å². The number of aromatic amines is 1. The largest absolute Gasteiger partial charge is 0.475 e. The Morgan fingerprint density at radius 2 is 1.86 bits per heavy atom. The SMILES string of the molecule is C1CCCOCC1.Cc1[nH]nc2c1Nc1ncc3c(C)nn(c3n1)CCCO2. The molecule has 2 aliphatic rings. The van der Waals surface area contributed by atoms with E-state index in [0.29, 0.717) is 18.4 Å². The molecule has 0 aromatic carbocycles. The second-order valence-corrected chi connectivity index (χ2v) is 7.12. The lowest BCUT2D eigenvalue weighted by Gasteiger charge is -2.06. The van der Waals surface area contributed by atoms with E-state index in [9.17, 15) is 0 Å². The molecule has 2 bridgehead atoms. The van der Waals surface area contributed by atoms with Crippen LogP contribution in [-0.4, -0.2) is 49.8 Å². The van der Waals surface area contributed by atoms with Crippen LogP contribution in [0.2, 0.25) is 0 Å². The molecule has 3 aromatic rings. The van der Waals surface area contributed by atoms with Crippen molar-refractivity contribution in [1.29, 1.82) is 0 Å². The van der Waals surface area contributed by atoms with Gasteiger partial charge in [-0.05, 0) is 26.7 Å². The van der Waals surface area contributed by atoms with Gasteiger partial charge in [0.05, 0.1) is 23.4 Å². The molecular weight excluding hydrogens is 358 g/mol. The van der Waals surface area contributed by atoms with E-state index in [4.69, 9.17) is 9.47 Å². The Kier molecular flexibility index (Phi) is 5.70. The second-order valence-electron chi connectivity index (χ2n) is 7.12. The zero-order valence-electron chi connectivity index (χ0n) is 16.5. The summed E-state index contributed by atoms with van der Waals surface area (Å²) >= 11 is 0. The van der Waals surface area contributed by atoms with Crippen molar-refractivity contribution < 1.29 is 9.47 Å². The molecule has 1 saturated heterocycles. The van der Waals surface area contributed by atoms with Gasteiger partial charge in [-0.1, -0.05) is 12.8 Å². The molecule has 0 atom stereocenters. The Bertz CT molecular complexity index is 914. The van der Waals surface area contributed by atoms with Gasteiger partial charge in [0.2, 0.25) is 5.95 Å². The molecule has 2 aliphatic heterocycles. The molecule has 2 N–H and O–H groups in total. The van der Waals surface area contributed by atoms with E-state index in [-0.39, 0.29) is 0 Å². The third-order valence-corrected chi connectivity index (χ3v) is 4.90. The zero-order chi connectivity index (χ0) is 19.3. The van der Waals surface area contributed by atoms with Crippen LogP contribution in [0.1, 0.15) is 43.5 Å². The highest BCUT2D eigenvalue weighted by atomic mass is 16.5. The van der Waals surface area contributed by atoms with E-state index in [2.05, 4.69) is 30.6 Å². The summed E-state index contributed by atoms with van der Waals surface area (Å²) in [6, 6.07) is 0. The molecule has 0 saturated carbocycles. The number of anilines is 2. The van der Waals surface area contributed by atoms with Crippen LogP contribution in [0, 0.1) is 13.8 Å². The highest BCUT2D eigenvalue weighted by Gasteiger charge is 2.17. The van der Waals surface area contributed by atoms with Crippen molar-refractivity contribution in [3.05, 3.63) is 17.6 Å². The van der Waals surface area contributed by atoms with E-state index >= 15 is 0 Å². The lowest BCUT2D eigenvalue weighted by atomic mass is 10.2. The van der Waals surface area contributed by atoms with Crippen molar-refractivity contribution in [3.63, 3.8) is 0 Å². The van der Waals surface area contributed by atoms with Crippen molar-refractivity contribution in [2.75, 3.05) is 25.1 Å². The third kappa shape index (κ3) is 4.09. The van der Waals surface area contributed by atoms with E-state index in [1.54, 1.807) is 6.20 Å². The Morgan fingerprint density at radius 1 is 1.04 bits per heavy atom. The molecule has 1 fully saturated rings. The van der Waals surface area contributed by atoms with Gasteiger partial charge in [-0.25, -0.2) is 9.67 Å². The van der Waals surface area contributed by atoms with Crippen LogP contribution in [0.5, 0.6) is 5.88 Å². The van der Waals surface area contributed by atoms with Crippen LogP contribution in [0.15, 0.2) is 6.20 Å². The fraction of sp³-hybridized carbons (Fsp3) is 0.579. The van der Waals surface area contributed by atoms with Crippen LogP contribution in [0.3, 0.4) is 0 Å². The predicted octanol–water partition coefficient (Wildman–Crippen LogP) is 3.27. The van der Waals surface area contributed by atoms with Gasteiger partial charge >= 0.3 is 0 Å². The number of nitrogens with zero attached hydrogens (tertiary/aromatic N) is 5. The average Bonchev–Trinajstić information content (AvgIpc) is 3.04. The molecule has 28 heavy (non-hydrogen) atoms. The van der Waals surface area contributed by atoms with Crippen LogP contribution in [0.4, 0.5) is 11.6 Å². The first-order chi connectivity index (χ1) is 13.7. The minimum atomic E-state index is 0.514. The molecule has 0 aliphatic carbocycles. The van der Waals surface area contributed by atoms with Crippen molar-refractivity contribution >= 4 is 22.7 Å². The van der Waals surface area contributed by atoms with Gasteiger partial charge in [-0.2, -0.15) is 10.1 Å². The summed E-state index contributed by atoms with van der Waals surface area (Å²) in [6.45, 7) is 7.22. The Labute approximate surface area is 163 Å². The first-order valence-corrected chi connectivity index (χ1v) is 9.95. The summed E-state index contributed by atoms with van der Waals surface area (Å²) in [7, 11) is 0. The molecule has 0 radical (unpaired) electrons. The molecule has 5 rings (SSSR count). The molecule has 5 heterocycles. The summed E-state index contributed by atoms with van der Waals surface area (Å²) in [6.07, 6.45) is 7.94. The fourth-order valence-electron chi connectivity index (χ4n) is 3.34. The number of nitrogens with one attached hydrogen (secondary N) is 2.